The van der Waals surface area contributed by atoms with Gasteiger partial charge >= 0.3 is 0 Å². The van der Waals surface area contributed by atoms with Gasteiger partial charge in [0.15, 0.2) is 5.76 Å². The summed E-state index contributed by atoms with van der Waals surface area (Å²) in [6, 6.07) is 13.0. The number of furan rings is 1. The van der Waals surface area contributed by atoms with Crippen LogP contribution in [0, 0.1) is 11.6 Å². The van der Waals surface area contributed by atoms with Gasteiger partial charge in [0.2, 0.25) is 0 Å². The first kappa shape index (κ1) is 18.9. The van der Waals surface area contributed by atoms with E-state index in [1.807, 2.05) is 0 Å². The van der Waals surface area contributed by atoms with Crippen LogP contribution in [0.3, 0.4) is 0 Å². The summed E-state index contributed by atoms with van der Waals surface area (Å²) in [5.41, 5.74) is 1.22. The number of amides is 2. The summed E-state index contributed by atoms with van der Waals surface area (Å²) in [6.45, 7) is 0.0760. The van der Waals surface area contributed by atoms with Gasteiger partial charge in [0.05, 0.1) is 6.26 Å². The maximum atomic E-state index is 14.0. The van der Waals surface area contributed by atoms with Crippen molar-refractivity contribution in [2.45, 2.75) is 25.4 Å². The van der Waals surface area contributed by atoms with Crippen molar-refractivity contribution in [2.75, 3.05) is 5.32 Å². The number of hydrogen-bond acceptors (Lipinski definition) is 3. The standard InChI is InChI=1S/C22H18F2N2O3/c23-16-6-3-15(19(24)12-16)13-26(18-9-10-18)22(28)14-4-7-17(8-5-14)25-21(27)20-2-1-11-29-20/h1-8,11-12,18H,9-10,13H2,(H,25,27). The minimum Gasteiger partial charge on any atom is -0.459 e. The molecule has 1 aliphatic carbocycles. The summed E-state index contributed by atoms with van der Waals surface area (Å²) in [5.74, 6) is -1.76. The molecule has 3 aromatic rings. The average Bonchev–Trinajstić information content (AvgIpc) is 3.39. The molecule has 7 heteroatoms. The smallest absolute Gasteiger partial charge is 0.291 e. The summed E-state index contributed by atoms with van der Waals surface area (Å²) in [4.78, 5) is 26.6. The molecule has 0 saturated heterocycles. The van der Waals surface area contributed by atoms with Crippen molar-refractivity contribution in [3.05, 3.63) is 89.4 Å². The SMILES string of the molecule is O=C(Nc1ccc(C(=O)N(Cc2ccc(F)cc2F)C2CC2)cc1)c1ccco1. The highest BCUT2D eigenvalue weighted by Crippen LogP contribution is 2.30. The molecule has 1 heterocycles. The summed E-state index contributed by atoms with van der Waals surface area (Å²) >= 11 is 0. The van der Waals surface area contributed by atoms with E-state index in [0.29, 0.717) is 11.3 Å². The van der Waals surface area contributed by atoms with Gasteiger partial charge in [0.1, 0.15) is 11.6 Å². The number of rotatable bonds is 6. The fourth-order valence-corrected chi connectivity index (χ4v) is 3.05. The van der Waals surface area contributed by atoms with E-state index in [1.54, 1.807) is 41.3 Å². The fraction of sp³-hybridized carbons (Fsp3) is 0.182. The van der Waals surface area contributed by atoms with Crippen molar-refractivity contribution in [1.29, 1.82) is 0 Å². The molecule has 1 aliphatic rings. The molecule has 0 radical (unpaired) electrons. The number of hydrogen-bond donors (Lipinski definition) is 1. The lowest BCUT2D eigenvalue weighted by molar-refractivity contribution is 0.0728. The molecule has 0 bridgehead atoms. The zero-order chi connectivity index (χ0) is 20.4. The Hall–Kier alpha value is -3.48. The summed E-state index contributed by atoms with van der Waals surface area (Å²) in [5, 5.41) is 2.68. The molecule has 2 amide bonds. The third-order valence-corrected chi connectivity index (χ3v) is 4.74. The number of benzene rings is 2. The van der Waals surface area contributed by atoms with E-state index in [2.05, 4.69) is 5.32 Å². The second kappa shape index (κ2) is 7.87. The molecule has 0 aliphatic heterocycles. The predicted octanol–water partition coefficient (Wildman–Crippen LogP) is 4.61. The highest BCUT2D eigenvalue weighted by Gasteiger charge is 2.33. The molecule has 4 rings (SSSR count). The number of nitrogens with one attached hydrogen (secondary N) is 1. The molecule has 2 aromatic carbocycles. The maximum Gasteiger partial charge on any atom is 0.291 e. The van der Waals surface area contributed by atoms with Crippen LogP contribution in [0.2, 0.25) is 0 Å². The molecular formula is C22H18F2N2O3. The Kier molecular flexibility index (Phi) is 5.12. The lowest BCUT2D eigenvalue weighted by atomic mass is 10.1. The zero-order valence-corrected chi connectivity index (χ0v) is 15.4. The van der Waals surface area contributed by atoms with E-state index in [4.69, 9.17) is 4.42 Å². The van der Waals surface area contributed by atoms with Gasteiger partial charge in [0.25, 0.3) is 11.8 Å². The molecular weight excluding hydrogens is 378 g/mol. The first-order chi connectivity index (χ1) is 14.0. The van der Waals surface area contributed by atoms with E-state index in [0.717, 1.165) is 18.9 Å². The molecule has 0 atom stereocenters. The lowest BCUT2D eigenvalue weighted by Crippen LogP contribution is -2.33. The summed E-state index contributed by atoms with van der Waals surface area (Å²) in [7, 11) is 0. The normalized spacial score (nSPS) is 13.2. The van der Waals surface area contributed by atoms with E-state index < -0.39 is 11.6 Å². The highest BCUT2D eigenvalue weighted by atomic mass is 19.1. The fourth-order valence-electron chi connectivity index (χ4n) is 3.05. The number of halogens is 2. The van der Waals surface area contributed by atoms with Crippen molar-refractivity contribution in [1.82, 2.24) is 4.90 Å². The van der Waals surface area contributed by atoms with E-state index in [9.17, 15) is 18.4 Å². The van der Waals surface area contributed by atoms with Crippen molar-refractivity contribution in [2.24, 2.45) is 0 Å². The molecule has 1 N–H and O–H groups in total. The van der Waals surface area contributed by atoms with Crippen LogP contribution in [-0.2, 0) is 6.54 Å². The monoisotopic (exact) mass is 396 g/mol. The Morgan fingerprint density at radius 2 is 1.83 bits per heavy atom. The minimum atomic E-state index is -0.667. The van der Waals surface area contributed by atoms with E-state index in [-0.39, 0.29) is 35.7 Å². The Labute approximate surface area is 165 Å². The highest BCUT2D eigenvalue weighted by molar-refractivity contribution is 6.02. The van der Waals surface area contributed by atoms with Crippen LogP contribution in [0.4, 0.5) is 14.5 Å². The Bertz CT molecular complexity index is 1030. The minimum absolute atomic E-state index is 0.0466. The topological polar surface area (TPSA) is 62.6 Å². The van der Waals surface area contributed by atoms with Crippen molar-refractivity contribution in [3.8, 4) is 0 Å². The molecule has 5 nitrogen and oxygen atoms in total. The molecule has 0 spiro atoms. The second-order valence-electron chi connectivity index (χ2n) is 6.91. The zero-order valence-electron chi connectivity index (χ0n) is 15.4. The Morgan fingerprint density at radius 3 is 2.45 bits per heavy atom. The molecule has 0 unspecified atom stereocenters. The van der Waals surface area contributed by atoms with Gasteiger partial charge in [-0.2, -0.15) is 0 Å². The molecule has 148 valence electrons. The Balaban J connectivity index is 1.47. The largest absolute Gasteiger partial charge is 0.459 e. The molecule has 1 saturated carbocycles. The van der Waals surface area contributed by atoms with Gasteiger partial charge in [-0.25, -0.2) is 8.78 Å². The molecule has 1 fully saturated rings. The van der Waals surface area contributed by atoms with Gasteiger partial charge in [-0.3, -0.25) is 9.59 Å². The van der Waals surface area contributed by atoms with Crippen LogP contribution >= 0.6 is 0 Å². The third-order valence-electron chi connectivity index (χ3n) is 4.74. The van der Waals surface area contributed by atoms with Gasteiger partial charge in [0, 0.05) is 35.5 Å². The summed E-state index contributed by atoms with van der Waals surface area (Å²) < 4.78 is 32.2. The van der Waals surface area contributed by atoms with E-state index in [1.165, 1.54) is 18.4 Å². The van der Waals surface area contributed by atoms with Gasteiger partial charge in [-0.15, -0.1) is 0 Å². The summed E-state index contributed by atoms with van der Waals surface area (Å²) in [6.07, 6.45) is 3.12. The maximum absolute atomic E-state index is 14.0. The molecule has 29 heavy (non-hydrogen) atoms. The number of anilines is 1. The van der Waals surface area contributed by atoms with Crippen molar-refractivity contribution >= 4 is 17.5 Å². The molecule has 1 aromatic heterocycles. The Morgan fingerprint density at radius 1 is 1.07 bits per heavy atom. The van der Waals surface area contributed by atoms with Gasteiger partial charge in [-0.05, 0) is 55.3 Å². The number of carbonyl (C=O) groups is 2. The van der Waals surface area contributed by atoms with Crippen LogP contribution in [0.1, 0.15) is 39.3 Å². The van der Waals surface area contributed by atoms with Crippen LogP contribution in [-0.4, -0.2) is 22.8 Å². The van der Waals surface area contributed by atoms with Gasteiger partial charge in [-0.1, -0.05) is 6.07 Å². The quantitative estimate of drug-likeness (QED) is 0.662. The predicted molar refractivity (Wildman–Crippen MR) is 102 cm³/mol. The van der Waals surface area contributed by atoms with Crippen LogP contribution in [0.5, 0.6) is 0 Å². The second-order valence-corrected chi connectivity index (χ2v) is 6.91. The van der Waals surface area contributed by atoms with Crippen molar-refractivity contribution < 1.29 is 22.8 Å². The first-order valence-electron chi connectivity index (χ1n) is 9.21. The first-order valence-corrected chi connectivity index (χ1v) is 9.21. The van der Waals surface area contributed by atoms with Crippen molar-refractivity contribution in [3.63, 3.8) is 0 Å². The third kappa shape index (κ3) is 4.34. The van der Waals surface area contributed by atoms with E-state index >= 15 is 0 Å². The number of nitrogens with zero attached hydrogens (tertiary/aromatic N) is 1. The average molecular weight is 396 g/mol. The van der Waals surface area contributed by atoms with Gasteiger partial charge < -0.3 is 14.6 Å². The van der Waals surface area contributed by atoms with Crippen LogP contribution in [0.15, 0.2) is 65.3 Å². The van der Waals surface area contributed by atoms with Crippen LogP contribution in [0.25, 0.3) is 0 Å². The van der Waals surface area contributed by atoms with Crippen LogP contribution < -0.4 is 5.32 Å². The lowest BCUT2D eigenvalue weighted by Gasteiger charge is -2.23. The number of carbonyl (C=O) groups excluding carboxylic acids is 2.